The second-order valence-electron chi connectivity index (χ2n) is 8.20. The SMILES string of the molecule is CS(=O)(=O)N(Cc1ccc(F)cc1)c1ccc(C(=O)N2CCN(c3cccc(Cl)c3)CC2)cc1. The molecule has 3 aromatic carbocycles. The quantitative estimate of drug-likeness (QED) is 0.502. The summed E-state index contributed by atoms with van der Waals surface area (Å²) in [7, 11) is -3.59. The van der Waals surface area contributed by atoms with Gasteiger partial charge >= 0.3 is 0 Å². The second kappa shape index (κ2) is 10.0. The van der Waals surface area contributed by atoms with Crippen molar-refractivity contribution in [1.29, 1.82) is 0 Å². The number of benzene rings is 3. The number of carbonyl (C=O) groups is 1. The number of halogens is 2. The summed E-state index contributed by atoms with van der Waals surface area (Å²) >= 11 is 6.09. The summed E-state index contributed by atoms with van der Waals surface area (Å²) < 4.78 is 39.2. The maximum atomic E-state index is 13.2. The van der Waals surface area contributed by atoms with Gasteiger partial charge in [-0.2, -0.15) is 0 Å². The Morgan fingerprint density at radius 2 is 1.62 bits per heavy atom. The Kier molecular flexibility index (Phi) is 7.09. The van der Waals surface area contributed by atoms with Gasteiger partial charge in [-0.15, -0.1) is 0 Å². The Morgan fingerprint density at radius 1 is 0.971 bits per heavy atom. The van der Waals surface area contributed by atoms with Gasteiger partial charge in [-0.25, -0.2) is 12.8 Å². The zero-order valence-electron chi connectivity index (χ0n) is 18.7. The molecule has 0 aromatic heterocycles. The minimum Gasteiger partial charge on any atom is -0.368 e. The van der Waals surface area contributed by atoms with Gasteiger partial charge in [0.25, 0.3) is 5.91 Å². The Morgan fingerprint density at radius 3 is 2.21 bits per heavy atom. The third-order valence-corrected chi connectivity index (χ3v) is 7.16. The maximum Gasteiger partial charge on any atom is 0.253 e. The molecule has 3 aromatic rings. The molecule has 0 unspecified atom stereocenters. The predicted octanol–water partition coefficient (Wildman–Crippen LogP) is 4.41. The van der Waals surface area contributed by atoms with Crippen LogP contribution in [0.25, 0.3) is 0 Å². The molecule has 1 saturated heterocycles. The van der Waals surface area contributed by atoms with Crippen molar-refractivity contribution in [2.75, 3.05) is 41.6 Å². The molecule has 0 radical (unpaired) electrons. The minimum absolute atomic E-state index is 0.0673. The highest BCUT2D eigenvalue weighted by Gasteiger charge is 2.23. The predicted molar refractivity (Wildman–Crippen MR) is 133 cm³/mol. The highest BCUT2D eigenvalue weighted by Crippen LogP contribution is 2.24. The van der Waals surface area contributed by atoms with Gasteiger partial charge in [0.2, 0.25) is 10.0 Å². The first kappa shape index (κ1) is 24.0. The average molecular weight is 502 g/mol. The number of rotatable bonds is 6. The van der Waals surface area contributed by atoms with Crippen LogP contribution < -0.4 is 9.21 Å². The van der Waals surface area contributed by atoms with Crippen molar-refractivity contribution in [2.45, 2.75) is 6.54 Å². The first-order valence-electron chi connectivity index (χ1n) is 10.8. The van der Waals surface area contributed by atoms with Crippen LogP contribution in [0, 0.1) is 5.82 Å². The van der Waals surface area contributed by atoms with Crippen molar-refractivity contribution in [1.82, 2.24) is 4.90 Å². The first-order chi connectivity index (χ1) is 16.2. The highest BCUT2D eigenvalue weighted by molar-refractivity contribution is 7.92. The molecule has 9 heteroatoms. The molecule has 0 N–H and O–H groups in total. The van der Waals surface area contributed by atoms with E-state index in [1.807, 2.05) is 24.3 Å². The molecule has 0 spiro atoms. The number of nitrogens with zero attached hydrogens (tertiary/aromatic N) is 3. The zero-order chi connectivity index (χ0) is 24.3. The highest BCUT2D eigenvalue weighted by atomic mass is 35.5. The molecule has 4 rings (SSSR count). The monoisotopic (exact) mass is 501 g/mol. The van der Waals surface area contributed by atoms with Gasteiger partial charge in [0.1, 0.15) is 5.82 Å². The number of hydrogen-bond acceptors (Lipinski definition) is 4. The molecule has 1 fully saturated rings. The Bertz CT molecular complexity index is 1260. The van der Waals surface area contributed by atoms with Crippen LogP contribution >= 0.6 is 11.6 Å². The summed E-state index contributed by atoms with van der Waals surface area (Å²) in [4.78, 5) is 17.0. The fourth-order valence-electron chi connectivity index (χ4n) is 3.95. The van der Waals surface area contributed by atoms with Crippen LogP contribution in [0.15, 0.2) is 72.8 Å². The topological polar surface area (TPSA) is 60.9 Å². The number of hydrogen-bond donors (Lipinski definition) is 0. The van der Waals surface area contributed by atoms with E-state index >= 15 is 0 Å². The number of anilines is 2. The molecule has 0 saturated carbocycles. The second-order valence-corrected chi connectivity index (χ2v) is 10.5. The van der Waals surface area contributed by atoms with E-state index in [9.17, 15) is 17.6 Å². The smallest absolute Gasteiger partial charge is 0.253 e. The molecule has 0 bridgehead atoms. The van der Waals surface area contributed by atoms with E-state index in [0.29, 0.717) is 48.0 Å². The van der Waals surface area contributed by atoms with Gasteiger partial charge < -0.3 is 9.80 Å². The van der Waals surface area contributed by atoms with Gasteiger partial charge in [-0.3, -0.25) is 9.10 Å². The van der Waals surface area contributed by atoms with Crippen LogP contribution in [0.3, 0.4) is 0 Å². The zero-order valence-corrected chi connectivity index (χ0v) is 20.3. The molecule has 1 aliphatic heterocycles. The molecular weight excluding hydrogens is 477 g/mol. The number of carbonyl (C=O) groups excluding carboxylic acids is 1. The average Bonchev–Trinajstić information content (AvgIpc) is 2.83. The van der Waals surface area contributed by atoms with Crippen molar-refractivity contribution < 1.29 is 17.6 Å². The van der Waals surface area contributed by atoms with Crippen molar-refractivity contribution in [2.24, 2.45) is 0 Å². The maximum absolute atomic E-state index is 13.2. The normalized spacial score (nSPS) is 14.2. The number of sulfonamides is 1. The molecule has 178 valence electrons. The minimum atomic E-state index is -3.59. The van der Waals surface area contributed by atoms with Crippen molar-refractivity contribution >= 4 is 38.9 Å². The molecule has 34 heavy (non-hydrogen) atoms. The van der Waals surface area contributed by atoms with E-state index < -0.39 is 10.0 Å². The molecule has 0 atom stereocenters. The van der Waals surface area contributed by atoms with E-state index in [0.717, 1.165) is 11.9 Å². The summed E-state index contributed by atoms with van der Waals surface area (Å²) in [6, 6.07) is 19.9. The third-order valence-electron chi connectivity index (χ3n) is 5.78. The van der Waals surface area contributed by atoms with Crippen LogP contribution in [0.1, 0.15) is 15.9 Å². The van der Waals surface area contributed by atoms with E-state index in [4.69, 9.17) is 11.6 Å². The van der Waals surface area contributed by atoms with Crippen LogP contribution in [0.2, 0.25) is 5.02 Å². The molecule has 1 amide bonds. The van der Waals surface area contributed by atoms with Crippen molar-refractivity contribution in [3.05, 3.63) is 94.8 Å². The van der Waals surface area contributed by atoms with Crippen LogP contribution in [-0.4, -0.2) is 51.7 Å². The van der Waals surface area contributed by atoms with Crippen molar-refractivity contribution in [3.63, 3.8) is 0 Å². The van der Waals surface area contributed by atoms with Crippen LogP contribution in [0.4, 0.5) is 15.8 Å². The fourth-order valence-corrected chi connectivity index (χ4v) is 5.02. The molecule has 0 aliphatic carbocycles. The van der Waals surface area contributed by atoms with Gasteiger partial charge in [0.15, 0.2) is 0 Å². The lowest BCUT2D eigenvalue weighted by atomic mass is 10.1. The third kappa shape index (κ3) is 5.69. The van der Waals surface area contributed by atoms with E-state index in [1.54, 1.807) is 41.3 Å². The molecule has 1 aliphatic rings. The summed E-state index contributed by atoms with van der Waals surface area (Å²) in [5.41, 5.74) is 2.62. The Balaban J connectivity index is 1.43. The van der Waals surface area contributed by atoms with E-state index in [1.165, 1.54) is 16.4 Å². The van der Waals surface area contributed by atoms with Gasteiger partial charge in [-0.1, -0.05) is 29.8 Å². The summed E-state index contributed by atoms with van der Waals surface area (Å²) in [5, 5.41) is 0.679. The van der Waals surface area contributed by atoms with Crippen LogP contribution in [-0.2, 0) is 16.6 Å². The molecular formula is C25H25ClFN3O3S. The number of piperazine rings is 1. The molecule has 1 heterocycles. The largest absolute Gasteiger partial charge is 0.368 e. The van der Waals surface area contributed by atoms with Gasteiger partial charge in [-0.05, 0) is 60.2 Å². The lowest BCUT2D eigenvalue weighted by Gasteiger charge is -2.36. The summed E-state index contributed by atoms with van der Waals surface area (Å²) in [6.45, 7) is 2.62. The lowest BCUT2D eigenvalue weighted by molar-refractivity contribution is 0.0747. The molecule has 6 nitrogen and oxygen atoms in total. The number of amides is 1. The lowest BCUT2D eigenvalue weighted by Crippen LogP contribution is -2.48. The van der Waals surface area contributed by atoms with Gasteiger partial charge in [0.05, 0.1) is 18.5 Å². The Labute approximate surface area is 204 Å². The van der Waals surface area contributed by atoms with E-state index in [-0.39, 0.29) is 18.3 Å². The van der Waals surface area contributed by atoms with Crippen molar-refractivity contribution in [3.8, 4) is 0 Å². The van der Waals surface area contributed by atoms with E-state index in [2.05, 4.69) is 4.90 Å². The standard InChI is InChI=1S/C25H25ClFN3O3S/c1-34(32,33)30(18-19-5-9-22(27)10-6-19)23-11-7-20(8-12-23)25(31)29-15-13-28(14-16-29)24-4-2-3-21(26)17-24/h2-12,17H,13-16,18H2,1H3. The summed E-state index contributed by atoms with van der Waals surface area (Å²) in [5.74, 6) is -0.479. The summed E-state index contributed by atoms with van der Waals surface area (Å²) in [6.07, 6.45) is 1.12. The Hall–Kier alpha value is -3.10. The first-order valence-corrected chi connectivity index (χ1v) is 13.1. The van der Waals surface area contributed by atoms with Gasteiger partial charge in [0, 0.05) is 42.5 Å². The fraction of sp³-hybridized carbons (Fsp3) is 0.240. The van der Waals surface area contributed by atoms with Crippen LogP contribution in [0.5, 0.6) is 0 Å².